The summed E-state index contributed by atoms with van der Waals surface area (Å²) in [6.07, 6.45) is 6.73. The van der Waals surface area contributed by atoms with Crippen LogP contribution in [0.2, 0.25) is 0 Å². The van der Waals surface area contributed by atoms with Gasteiger partial charge in [-0.1, -0.05) is 12.8 Å². The Morgan fingerprint density at radius 3 is 3.18 bits per heavy atom. The number of hydrogen-bond donors (Lipinski definition) is 1. The van der Waals surface area contributed by atoms with Gasteiger partial charge in [0.15, 0.2) is 5.65 Å². The van der Waals surface area contributed by atoms with Crippen LogP contribution in [0.3, 0.4) is 0 Å². The van der Waals surface area contributed by atoms with Crippen molar-refractivity contribution in [3.05, 3.63) is 22.4 Å². The Balaban J connectivity index is 1.62. The molecule has 0 amide bonds. The summed E-state index contributed by atoms with van der Waals surface area (Å²) in [6, 6.07) is 0.454. The van der Waals surface area contributed by atoms with Gasteiger partial charge in [0, 0.05) is 19.6 Å². The van der Waals surface area contributed by atoms with Gasteiger partial charge < -0.3 is 9.72 Å². The maximum Gasteiger partial charge on any atom is 0.262 e. The van der Waals surface area contributed by atoms with E-state index in [1.54, 1.807) is 10.9 Å². The summed E-state index contributed by atoms with van der Waals surface area (Å²) < 4.78 is 7.55. The highest BCUT2D eigenvalue weighted by Crippen LogP contribution is 2.29. The first kappa shape index (κ1) is 13.9. The molecule has 2 aromatic heterocycles. The monoisotopic (exact) mass is 303 g/mol. The van der Waals surface area contributed by atoms with E-state index in [0.29, 0.717) is 35.5 Å². The number of fused-ring (bicyclic) bond motifs is 2. The first-order valence-electron chi connectivity index (χ1n) is 7.99. The predicted octanol–water partition coefficient (Wildman–Crippen LogP) is 0.800. The van der Waals surface area contributed by atoms with Gasteiger partial charge in [-0.05, 0) is 12.8 Å². The quantitative estimate of drug-likeness (QED) is 0.888. The molecule has 7 nitrogen and oxygen atoms in total. The lowest BCUT2D eigenvalue weighted by atomic mass is 9.90. The van der Waals surface area contributed by atoms with Crippen LogP contribution in [0.15, 0.2) is 11.0 Å². The Kier molecular flexibility index (Phi) is 3.46. The third kappa shape index (κ3) is 2.34. The number of aromatic nitrogens is 4. The molecule has 1 aliphatic heterocycles. The van der Waals surface area contributed by atoms with E-state index in [-0.39, 0.29) is 5.56 Å². The van der Waals surface area contributed by atoms with E-state index in [1.165, 1.54) is 19.3 Å². The lowest BCUT2D eigenvalue weighted by molar-refractivity contribution is -0.0918. The molecule has 2 fully saturated rings. The molecule has 2 atom stereocenters. The summed E-state index contributed by atoms with van der Waals surface area (Å²) in [5.74, 6) is 0.715. The van der Waals surface area contributed by atoms with E-state index < -0.39 is 0 Å². The van der Waals surface area contributed by atoms with Gasteiger partial charge >= 0.3 is 0 Å². The number of nitrogens with one attached hydrogen (secondary N) is 1. The van der Waals surface area contributed by atoms with Crippen molar-refractivity contribution in [1.29, 1.82) is 0 Å². The summed E-state index contributed by atoms with van der Waals surface area (Å²) in [7, 11) is 1.81. The van der Waals surface area contributed by atoms with Crippen LogP contribution in [0.1, 0.15) is 31.5 Å². The van der Waals surface area contributed by atoms with Crippen molar-refractivity contribution in [2.24, 2.45) is 7.05 Å². The molecule has 1 saturated carbocycles. The zero-order valence-corrected chi connectivity index (χ0v) is 12.8. The third-order valence-electron chi connectivity index (χ3n) is 4.85. The Bertz CT molecular complexity index is 735. The fraction of sp³-hybridized carbons (Fsp3) is 0.667. The van der Waals surface area contributed by atoms with Gasteiger partial charge in [0.05, 0.1) is 25.5 Å². The highest BCUT2D eigenvalue weighted by Gasteiger charge is 2.34. The van der Waals surface area contributed by atoms with Crippen LogP contribution in [0, 0.1) is 0 Å². The van der Waals surface area contributed by atoms with Crippen molar-refractivity contribution in [1.82, 2.24) is 24.6 Å². The zero-order chi connectivity index (χ0) is 15.1. The van der Waals surface area contributed by atoms with Crippen LogP contribution < -0.4 is 5.56 Å². The Labute approximate surface area is 128 Å². The molecule has 2 aliphatic rings. The SMILES string of the molecule is Cn1ncc2c(=O)[nH]c(CN3CCO[C@@H]4CCCC[C@H]43)nc21. The number of rotatable bonds is 2. The van der Waals surface area contributed by atoms with Crippen LogP contribution in [0.4, 0.5) is 0 Å². The topological polar surface area (TPSA) is 76.0 Å². The van der Waals surface area contributed by atoms with E-state index in [0.717, 1.165) is 19.6 Å². The van der Waals surface area contributed by atoms with Crippen molar-refractivity contribution in [2.45, 2.75) is 44.4 Å². The molecule has 0 bridgehead atoms. The van der Waals surface area contributed by atoms with Gasteiger partial charge in [0.1, 0.15) is 11.2 Å². The standard InChI is InChI=1S/C15H21N5O2/c1-19-14-10(8-16-19)15(21)18-13(17-14)9-20-6-7-22-12-5-3-2-4-11(12)20/h8,11-12H,2-7,9H2,1H3,(H,17,18,21)/t11-,12-/m1/s1. The van der Waals surface area contributed by atoms with Gasteiger partial charge in [-0.3, -0.25) is 14.4 Å². The number of hydrogen-bond acceptors (Lipinski definition) is 5. The molecule has 0 radical (unpaired) electrons. The highest BCUT2D eigenvalue weighted by atomic mass is 16.5. The molecule has 2 aromatic rings. The second kappa shape index (κ2) is 5.48. The highest BCUT2D eigenvalue weighted by molar-refractivity contribution is 5.72. The molecule has 22 heavy (non-hydrogen) atoms. The molecule has 1 aliphatic carbocycles. The van der Waals surface area contributed by atoms with Gasteiger partial charge in [-0.15, -0.1) is 0 Å². The normalized spacial score (nSPS) is 26.2. The maximum atomic E-state index is 12.1. The Morgan fingerprint density at radius 1 is 1.41 bits per heavy atom. The minimum absolute atomic E-state index is 0.110. The number of H-pyrrole nitrogens is 1. The van der Waals surface area contributed by atoms with Crippen molar-refractivity contribution in [3.63, 3.8) is 0 Å². The molecular formula is C15H21N5O2. The third-order valence-corrected chi connectivity index (χ3v) is 4.85. The molecule has 1 N–H and O–H groups in total. The van der Waals surface area contributed by atoms with E-state index in [2.05, 4.69) is 20.0 Å². The molecule has 1 saturated heterocycles. The van der Waals surface area contributed by atoms with E-state index in [9.17, 15) is 4.79 Å². The van der Waals surface area contributed by atoms with Crippen molar-refractivity contribution in [3.8, 4) is 0 Å². The number of aryl methyl sites for hydroxylation is 1. The van der Waals surface area contributed by atoms with E-state index in [1.807, 2.05) is 7.05 Å². The van der Waals surface area contributed by atoms with Crippen molar-refractivity contribution < 1.29 is 4.74 Å². The van der Waals surface area contributed by atoms with Gasteiger partial charge in [0.25, 0.3) is 5.56 Å². The Morgan fingerprint density at radius 2 is 2.27 bits per heavy atom. The molecule has 4 rings (SSSR count). The van der Waals surface area contributed by atoms with Gasteiger partial charge in [-0.2, -0.15) is 5.10 Å². The maximum absolute atomic E-state index is 12.1. The molecular weight excluding hydrogens is 282 g/mol. The number of ether oxygens (including phenoxy) is 1. The van der Waals surface area contributed by atoms with Crippen molar-refractivity contribution >= 4 is 11.0 Å². The van der Waals surface area contributed by atoms with E-state index >= 15 is 0 Å². The Hall–Kier alpha value is -1.73. The lowest BCUT2D eigenvalue weighted by Crippen LogP contribution is -2.52. The van der Waals surface area contributed by atoms with Gasteiger partial charge in [-0.25, -0.2) is 4.98 Å². The van der Waals surface area contributed by atoms with Gasteiger partial charge in [0.2, 0.25) is 0 Å². The molecule has 0 spiro atoms. The first-order chi connectivity index (χ1) is 10.7. The fourth-order valence-corrected chi connectivity index (χ4v) is 3.72. The predicted molar refractivity (Wildman–Crippen MR) is 81.5 cm³/mol. The number of morpholine rings is 1. The number of aromatic amines is 1. The minimum atomic E-state index is -0.110. The van der Waals surface area contributed by atoms with Crippen LogP contribution in [0.25, 0.3) is 11.0 Å². The first-order valence-corrected chi connectivity index (χ1v) is 7.99. The second-order valence-electron chi connectivity index (χ2n) is 6.25. The molecule has 0 unspecified atom stereocenters. The molecule has 3 heterocycles. The average molecular weight is 303 g/mol. The summed E-state index contributed by atoms with van der Waals surface area (Å²) >= 11 is 0. The molecule has 118 valence electrons. The van der Waals surface area contributed by atoms with Crippen LogP contribution in [-0.4, -0.2) is 49.9 Å². The smallest absolute Gasteiger partial charge is 0.262 e. The minimum Gasteiger partial charge on any atom is -0.375 e. The second-order valence-corrected chi connectivity index (χ2v) is 6.25. The van der Waals surface area contributed by atoms with Crippen LogP contribution >= 0.6 is 0 Å². The average Bonchev–Trinajstić information content (AvgIpc) is 2.90. The molecule has 0 aromatic carbocycles. The summed E-state index contributed by atoms with van der Waals surface area (Å²) in [6.45, 7) is 2.33. The van der Waals surface area contributed by atoms with Crippen LogP contribution in [0.5, 0.6) is 0 Å². The molecule has 7 heteroatoms. The number of nitrogens with zero attached hydrogens (tertiary/aromatic N) is 4. The largest absolute Gasteiger partial charge is 0.375 e. The van der Waals surface area contributed by atoms with E-state index in [4.69, 9.17) is 4.74 Å². The lowest BCUT2D eigenvalue weighted by Gasteiger charge is -2.43. The zero-order valence-electron chi connectivity index (χ0n) is 12.8. The summed E-state index contributed by atoms with van der Waals surface area (Å²) in [4.78, 5) is 22.0. The summed E-state index contributed by atoms with van der Waals surface area (Å²) in [5, 5.41) is 4.66. The summed E-state index contributed by atoms with van der Waals surface area (Å²) in [5.41, 5.74) is 0.536. The van der Waals surface area contributed by atoms with Crippen LogP contribution in [-0.2, 0) is 18.3 Å². The fourth-order valence-electron chi connectivity index (χ4n) is 3.72. The van der Waals surface area contributed by atoms with Crippen molar-refractivity contribution in [2.75, 3.05) is 13.2 Å².